The van der Waals surface area contributed by atoms with Gasteiger partial charge in [-0.2, -0.15) is 0 Å². The topological polar surface area (TPSA) is 73.2 Å². The third-order valence-corrected chi connectivity index (χ3v) is 6.16. The van der Waals surface area contributed by atoms with Crippen molar-refractivity contribution in [3.05, 3.63) is 53.9 Å². The quantitative estimate of drug-likeness (QED) is 0.756. The van der Waals surface area contributed by atoms with Gasteiger partial charge in [-0.15, -0.1) is 0 Å². The Balaban J connectivity index is 1.91. The maximum Gasteiger partial charge on any atom is 0.271 e. The number of nitrogens with zero attached hydrogens (tertiary/aromatic N) is 2. The number of benzene rings is 1. The summed E-state index contributed by atoms with van der Waals surface area (Å²) in [5.74, 6) is 0.477. The van der Waals surface area contributed by atoms with Gasteiger partial charge in [0.25, 0.3) is 10.0 Å². The van der Waals surface area contributed by atoms with Crippen molar-refractivity contribution in [3.8, 4) is 5.75 Å². The van der Waals surface area contributed by atoms with Crippen LogP contribution in [0.15, 0.2) is 47.6 Å². The molecule has 4 rings (SSSR count). The van der Waals surface area contributed by atoms with Gasteiger partial charge >= 0.3 is 0 Å². The summed E-state index contributed by atoms with van der Waals surface area (Å²) in [5, 5.41) is 3.09. The molecule has 7 heteroatoms. The first-order valence-electron chi connectivity index (χ1n) is 8.23. The summed E-state index contributed by atoms with van der Waals surface area (Å²) in [4.78, 5) is 4.60. The van der Waals surface area contributed by atoms with Gasteiger partial charge < -0.3 is 10.1 Å². The number of fused-ring (bicyclic) bond motifs is 2. The predicted octanol–water partition coefficient (Wildman–Crippen LogP) is 1.97. The molecular formula is C18H19N3O3S. The summed E-state index contributed by atoms with van der Waals surface area (Å²) in [6, 6.07) is 8.82. The summed E-state index contributed by atoms with van der Waals surface area (Å²) < 4.78 is 33.6. The van der Waals surface area contributed by atoms with Crippen molar-refractivity contribution in [2.45, 2.75) is 17.7 Å². The second kappa shape index (κ2) is 6.16. The fourth-order valence-corrected chi connectivity index (χ4v) is 4.79. The molecule has 3 heterocycles. The van der Waals surface area contributed by atoms with Crippen molar-refractivity contribution in [3.63, 3.8) is 0 Å². The average molecular weight is 357 g/mol. The monoisotopic (exact) mass is 357 g/mol. The molecule has 6 nitrogen and oxygen atoms in total. The largest absolute Gasteiger partial charge is 0.492 e. The SMILES string of the molecule is CNCCc1cn(S(=O)(=O)c2cccc3c2OCC3)c2cccnc12. The number of hydrogen-bond acceptors (Lipinski definition) is 5. The molecule has 0 amide bonds. The zero-order valence-corrected chi connectivity index (χ0v) is 14.7. The lowest BCUT2D eigenvalue weighted by Crippen LogP contribution is -2.13. The summed E-state index contributed by atoms with van der Waals surface area (Å²) in [6.07, 6.45) is 4.81. The maximum absolute atomic E-state index is 13.3. The van der Waals surface area contributed by atoms with Crippen LogP contribution in [0.25, 0.3) is 11.0 Å². The molecule has 0 bridgehead atoms. The van der Waals surface area contributed by atoms with E-state index >= 15 is 0 Å². The molecule has 1 aliphatic rings. The van der Waals surface area contributed by atoms with Crippen LogP contribution in [0.4, 0.5) is 0 Å². The first kappa shape index (κ1) is 16.1. The molecule has 2 aromatic heterocycles. The van der Waals surface area contributed by atoms with E-state index in [1.54, 1.807) is 36.7 Å². The summed E-state index contributed by atoms with van der Waals surface area (Å²) >= 11 is 0. The number of likely N-dealkylation sites (N-methyl/N-ethyl adjacent to an activating group) is 1. The smallest absolute Gasteiger partial charge is 0.271 e. The fraction of sp³-hybridized carbons (Fsp3) is 0.278. The van der Waals surface area contributed by atoms with Gasteiger partial charge in [-0.05, 0) is 49.3 Å². The van der Waals surface area contributed by atoms with Crippen molar-refractivity contribution in [2.75, 3.05) is 20.2 Å². The summed E-state index contributed by atoms with van der Waals surface area (Å²) in [7, 11) is -1.89. The molecule has 3 aromatic rings. The number of aromatic nitrogens is 2. The second-order valence-corrected chi connectivity index (χ2v) is 7.81. The minimum absolute atomic E-state index is 0.211. The van der Waals surface area contributed by atoms with Crippen LogP contribution in [0.3, 0.4) is 0 Å². The van der Waals surface area contributed by atoms with Crippen LogP contribution in [0.5, 0.6) is 5.75 Å². The molecule has 25 heavy (non-hydrogen) atoms. The highest BCUT2D eigenvalue weighted by atomic mass is 32.2. The van der Waals surface area contributed by atoms with Crippen molar-refractivity contribution in [2.24, 2.45) is 0 Å². The molecule has 0 aliphatic carbocycles. The van der Waals surface area contributed by atoms with Crippen molar-refractivity contribution >= 4 is 21.1 Å². The van der Waals surface area contributed by atoms with Crippen LogP contribution in [-0.2, 0) is 22.9 Å². The maximum atomic E-state index is 13.3. The molecule has 1 aliphatic heterocycles. The second-order valence-electron chi connectivity index (χ2n) is 6.02. The Labute approximate surface area is 146 Å². The molecule has 0 atom stereocenters. The summed E-state index contributed by atoms with van der Waals surface area (Å²) in [5.41, 5.74) is 3.15. The molecule has 0 fully saturated rings. The van der Waals surface area contributed by atoms with Crippen LogP contribution >= 0.6 is 0 Å². The van der Waals surface area contributed by atoms with E-state index in [1.165, 1.54) is 3.97 Å². The lowest BCUT2D eigenvalue weighted by Gasteiger charge is -2.11. The molecule has 1 N–H and O–H groups in total. The van der Waals surface area contributed by atoms with E-state index in [0.717, 1.165) is 29.6 Å². The van der Waals surface area contributed by atoms with Gasteiger partial charge in [0.2, 0.25) is 0 Å². The highest BCUT2D eigenvalue weighted by molar-refractivity contribution is 7.90. The Morgan fingerprint density at radius 2 is 2.16 bits per heavy atom. The Kier molecular flexibility index (Phi) is 3.97. The zero-order valence-electron chi connectivity index (χ0n) is 13.9. The van der Waals surface area contributed by atoms with Crippen molar-refractivity contribution in [1.82, 2.24) is 14.3 Å². The normalized spacial score (nSPS) is 13.8. The Morgan fingerprint density at radius 1 is 1.28 bits per heavy atom. The van der Waals surface area contributed by atoms with Crippen LogP contribution in [0, 0.1) is 0 Å². The molecule has 0 saturated heterocycles. The lowest BCUT2D eigenvalue weighted by molar-refractivity contribution is 0.348. The van der Waals surface area contributed by atoms with Crippen LogP contribution in [0.2, 0.25) is 0 Å². The number of para-hydroxylation sites is 1. The third-order valence-electron chi connectivity index (χ3n) is 4.46. The van der Waals surface area contributed by atoms with Crippen molar-refractivity contribution < 1.29 is 13.2 Å². The van der Waals surface area contributed by atoms with E-state index in [0.29, 0.717) is 24.3 Å². The Hall–Kier alpha value is -2.38. The van der Waals surface area contributed by atoms with Gasteiger partial charge in [0, 0.05) is 18.8 Å². The average Bonchev–Trinajstić information content (AvgIpc) is 3.24. The molecule has 1 aromatic carbocycles. The first-order valence-corrected chi connectivity index (χ1v) is 9.67. The van der Waals surface area contributed by atoms with E-state index in [9.17, 15) is 8.42 Å². The molecule has 0 spiro atoms. The van der Waals surface area contributed by atoms with Gasteiger partial charge in [0.05, 0.1) is 17.6 Å². The van der Waals surface area contributed by atoms with E-state index in [1.807, 2.05) is 13.1 Å². The number of rotatable bonds is 5. The fourth-order valence-electron chi connectivity index (χ4n) is 3.23. The van der Waals surface area contributed by atoms with Gasteiger partial charge in [0.1, 0.15) is 10.6 Å². The highest BCUT2D eigenvalue weighted by Gasteiger charge is 2.28. The lowest BCUT2D eigenvalue weighted by atomic mass is 10.2. The predicted molar refractivity (Wildman–Crippen MR) is 95.6 cm³/mol. The molecule has 0 unspecified atom stereocenters. The number of pyridine rings is 1. The van der Waals surface area contributed by atoms with Gasteiger partial charge in [-0.3, -0.25) is 4.98 Å². The van der Waals surface area contributed by atoms with Crippen molar-refractivity contribution in [1.29, 1.82) is 0 Å². The zero-order chi connectivity index (χ0) is 17.4. The van der Waals surface area contributed by atoms with Gasteiger partial charge in [-0.1, -0.05) is 12.1 Å². The number of ether oxygens (including phenoxy) is 1. The van der Waals surface area contributed by atoms with Gasteiger partial charge in [0.15, 0.2) is 0 Å². The van der Waals surface area contributed by atoms with E-state index in [-0.39, 0.29) is 4.90 Å². The van der Waals surface area contributed by atoms with E-state index in [2.05, 4.69) is 10.3 Å². The Bertz CT molecular complexity index is 1040. The van der Waals surface area contributed by atoms with Crippen LogP contribution in [-0.4, -0.2) is 37.6 Å². The van der Waals surface area contributed by atoms with E-state index in [4.69, 9.17) is 4.74 Å². The van der Waals surface area contributed by atoms with E-state index < -0.39 is 10.0 Å². The first-order chi connectivity index (χ1) is 12.1. The van der Waals surface area contributed by atoms with Crippen LogP contribution in [0.1, 0.15) is 11.1 Å². The highest BCUT2D eigenvalue weighted by Crippen LogP contribution is 2.35. The minimum Gasteiger partial charge on any atom is -0.492 e. The number of nitrogens with one attached hydrogen (secondary N) is 1. The van der Waals surface area contributed by atoms with Crippen LogP contribution < -0.4 is 10.1 Å². The number of hydrogen-bond donors (Lipinski definition) is 1. The molecule has 130 valence electrons. The summed E-state index contributed by atoms with van der Waals surface area (Å²) in [6.45, 7) is 1.27. The standard InChI is InChI=1S/C18H19N3O3S/c1-19-10-7-14-12-21(15-5-3-9-20-17(14)15)25(22,23)16-6-2-4-13-8-11-24-18(13)16/h2-6,9,12,19H,7-8,10-11H2,1H3. The minimum atomic E-state index is -3.76. The molecular weight excluding hydrogens is 338 g/mol. The van der Waals surface area contributed by atoms with Gasteiger partial charge in [-0.25, -0.2) is 12.4 Å². The Morgan fingerprint density at radius 3 is 3.00 bits per heavy atom. The third kappa shape index (κ3) is 2.60. The molecule has 0 radical (unpaired) electrons. The molecule has 0 saturated carbocycles.